The van der Waals surface area contributed by atoms with E-state index in [1.165, 1.54) is 11.3 Å². The van der Waals surface area contributed by atoms with E-state index >= 15 is 0 Å². The van der Waals surface area contributed by atoms with Gasteiger partial charge in [-0.05, 0) is 88.1 Å². The van der Waals surface area contributed by atoms with Crippen LogP contribution in [0, 0.1) is 23.7 Å². The van der Waals surface area contributed by atoms with Crippen molar-refractivity contribution in [1.82, 2.24) is 35.3 Å². The second-order valence-electron chi connectivity index (χ2n) is 20.2. The van der Waals surface area contributed by atoms with E-state index in [-0.39, 0.29) is 59.9 Å². The highest BCUT2D eigenvalue weighted by Gasteiger charge is 2.43. The van der Waals surface area contributed by atoms with Crippen LogP contribution in [0.3, 0.4) is 0 Å². The van der Waals surface area contributed by atoms with Crippen molar-refractivity contribution >= 4 is 46.9 Å². The summed E-state index contributed by atoms with van der Waals surface area (Å²) < 4.78 is 17.6. The molecule has 0 saturated carbocycles. The summed E-state index contributed by atoms with van der Waals surface area (Å²) in [6, 6.07) is 10.9. The summed E-state index contributed by atoms with van der Waals surface area (Å²) >= 11 is 1.50. The van der Waals surface area contributed by atoms with Gasteiger partial charge in [-0.2, -0.15) is 0 Å². The average molecular weight is 977 g/mol. The molecule has 16 nitrogen and oxygen atoms in total. The number of benzene rings is 1. The molecule has 1 aliphatic heterocycles. The number of likely N-dealkylation sites (N-methyl/N-ethyl adjacent to an activating group) is 2. The fourth-order valence-electron chi connectivity index (χ4n) is 9.48. The predicted molar refractivity (Wildman–Crippen MR) is 270 cm³/mol. The Morgan fingerprint density at radius 2 is 1.58 bits per heavy atom. The van der Waals surface area contributed by atoms with E-state index < -0.39 is 47.9 Å². The van der Waals surface area contributed by atoms with Crippen LogP contribution in [0.5, 0.6) is 0 Å². The number of anilines is 1. The molecule has 382 valence electrons. The summed E-state index contributed by atoms with van der Waals surface area (Å²) in [5.41, 5.74) is 1.22. The number of ether oxygens (including phenoxy) is 3. The predicted octanol–water partition coefficient (Wildman–Crippen LogP) is 7.50. The van der Waals surface area contributed by atoms with Crippen molar-refractivity contribution in [1.29, 1.82) is 0 Å². The van der Waals surface area contributed by atoms with E-state index in [4.69, 9.17) is 14.2 Å². The molecule has 2 aromatic heterocycles. The molecule has 1 aliphatic rings. The Balaban J connectivity index is 1.47. The summed E-state index contributed by atoms with van der Waals surface area (Å²) in [6.45, 7) is 19.9. The van der Waals surface area contributed by atoms with Crippen LogP contribution in [-0.2, 0) is 46.4 Å². The molecule has 1 saturated heterocycles. The maximum atomic E-state index is 14.7. The number of pyridine rings is 1. The minimum atomic E-state index is -0.872. The number of methoxy groups -OCH3 is 2. The second-order valence-corrected chi connectivity index (χ2v) is 21.1. The first kappa shape index (κ1) is 56.6. The SMILES string of the molecule is CC[C@H](C)[C@@H]([C@@H](CC(=O)N1CCC[C@H]1[C@H](OC)[C@@H](C)C(=O)N[C@@H](Cc1ccccc1)c1nccs1)OC)N(C)C(=O)[C@@H](NC(=O)[C@H](C(C)C)N(C)Cc1ccnc(NC(=O)OC(C)(C)C)c1)C(C)C. The van der Waals surface area contributed by atoms with E-state index in [2.05, 4.69) is 25.9 Å². The first-order valence-electron chi connectivity index (χ1n) is 24.4. The molecule has 3 heterocycles. The number of rotatable bonds is 24. The van der Waals surface area contributed by atoms with Crippen LogP contribution in [0.2, 0.25) is 0 Å². The molecule has 0 bridgehead atoms. The lowest BCUT2D eigenvalue weighted by Crippen LogP contribution is -2.60. The van der Waals surface area contributed by atoms with Crippen molar-refractivity contribution in [2.75, 3.05) is 40.2 Å². The number of likely N-dealkylation sites (tertiary alicyclic amines) is 1. The van der Waals surface area contributed by atoms with Crippen LogP contribution >= 0.6 is 11.3 Å². The molecule has 1 fully saturated rings. The number of amides is 5. The minimum absolute atomic E-state index is 0.00275. The summed E-state index contributed by atoms with van der Waals surface area (Å²) in [4.78, 5) is 84.2. The first-order valence-corrected chi connectivity index (χ1v) is 25.3. The quantitative estimate of drug-likeness (QED) is 0.0808. The van der Waals surface area contributed by atoms with Gasteiger partial charge in [-0.15, -0.1) is 11.3 Å². The summed E-state index contributed by atoms with van der Waals surface area (Å²) in [5.74, 6) is -1.63. The number of hydrogen-bond donors (Lipinski definition) is 3. The fraction of sp³-hybridized carbons (Fsp3) is 0.635. The van der Waals surface area contributed by atoms with Gasteiger partial charge >= 0.3 is 6.09 Å². The molecule has 1 aromatic carbocycles. The topological polar surface area (TPSA) is 185 Å². The molecule has 17 heteroatoms. The van der Waals surface area contributed by atoms with Gasteiger partial charge < -0.3 is 34.6 Å². The molecule has 0 radical (unpaired) electrons. The van der Waals surface area contributed by atoms with Crippen LogP contribution in [0.25, 0.3) is 0 Å². The highest BCUT2D eigenvalue weighted by Crippen LogP contribution is 2.31. The highest BCUT2D eigenvalue weighted by atomic mass is 32.1. The lowest BCUT2D eigenvalue weighted by molar-refractivity contribution is -0.148. The molecule has 0 aliphatic carbocycles. The van der Waals surface area contributed by atoms with Crippen LogP contribution in [-0.4, -0.2) is 131 Å². The third-order valence-electron chi connectivity index (χ3n) is 13.1. The smallest absolute Gasteiger partial charge is 0.413 e. The lowest BCUT2D eigenvalue weighted by Gasteiger charge is -2.41. The number of thiazole rings is 1. The number of hydrogen-bond acceptors (Lipinski definition) is 12. The minimum Gasteiger partial charge on any atom is -0.444 e. The Morgan fingerprint density at radius 1 is 0.884 bits per heavy atom. The normalized spacial score (nSPS) is 17.6. The zero-order chi connectivity index (χ0) is 51.2. The molecular weight excluding hydrogens is 897 g/mol. The van der Waals surface area contributed by atoms with Crippen molar-refractivity contribution in [3.63, 3.8) is 0 Å². The third kappa shape index (κ3) is 16.0. The van der Waals surface area contributed by atoms with Crippen molar-refractivity contribution in [3.05, 3.63) is 76.4 Å². The van der Waals surface area contributed by atoms with Crippen LogP contribution in [0.1, 0.15) is 117 Å². The molecule has 0 unspecified atom stereocenters. The van der Waals surface area contributed by atoms with E-state index in [1.807, 2.05) is 107 Å². The maximum absolute atomic E-state index is 14.7. The van der Waals surface area contributed by atoms with Gasteiger partial charge in [0.2, 0.25) is 23.6 Å². The van der Waals surface area contributed by atoms with Gasteiger partial charge in [0.05, 0.1) is 48.7 Å². The fourth-order valence-corrected chi connectivity index (χ4v) is 10.2. The monoisotopic (exact) mass is 977 g/mol. The largest absolute Gasteiger partial charge is 0.444 e. The Hall–Kier alpha value is -4.97. The highest BCUT2D eigenvalue weighted by molar-refractivity contribution is 7.09. The molecule has 3 aromatic rings. The van der Waals surface area contributed by atoms with E-state index in [0.717, 1.165) is 22.6 Å². The molecule has 4 rings (SSSR count). The Labute approximate surface area is 415 Å². The summed E-state index contributed by atoms with van der Waals surface area (Å²) in [5, 5.41) is 11.7. The first-order chi connectivity index (χ1) is 32.6. The van der Waals surface area contributed by atoms with Gasteiger partial charge in [0.1, 0.15) is 22.5 Å². The van der Waals surface area contributed by atoms with Gasteiger partial charge in [-0.1, -0.05) is 85.2 Å². The molecule has 3 N–H and O–H groups in total. The molecule has 0 spiro atoms. The van der Waals surface area contributed by atoms with Crippen LogP contribution in [0.15, 0.2) is 60.2 Å². The molecule has 9 atom stereocenters. The zero-order valence-electron chi connectivity index (χ0n) is 43.5. The van der Waals surface area contributed by atoms with E-state index in [0.29, 0.717) is 38.2 Å². The maximum Gasteiger partial charge on any atom is 0.413 e. The van der Waals surface area contributed by atoms with Gasteiger partial charge in [0.25, 0.3) is 0 Å². The van der Waals surface area contributed by atoms with Gasteiger partial charge in [0, 0.05) is 52.1 Å². The number of aromatic nitrogens is 2. The van der Waals surface area contributed by atoms with Crippen molar-refractivity contribution in [2.45, 2.75) is 156 Å². The third-order valence-corrected chi connectivity index (χ3v) is 14.0. The van der Waals surface area contributed by atoms with Crippen molar-refractivity contribution < 1.29 is 38.2 Å². The van der Waals surface area contributed by atoms with Gasteiger partial charge in [0.15, 0.2) is 0 Å². The lowest BCUT2D eigenvalue weighted by atomic mass is 9.89. The number of carbonyl (C=O) groups excluding carboxylic acids is 5. The van der Waals surface area contributed by atoms with Crippen molar-refractivity contribution in [3.8, 4) is 0 Å². The Morgan fingerprint density at radius 3 is 2.16 bits per heavy atom. The Kier molecular flexibility index (Phi) is 21.6. The summed E-state index contributed by atoms with van der Waals surface area (Å²) in [7, 11) is 6.73. The van der Waals surface area contributed by atoms with Crippen LogP contribution < -0.4 is 16.0 Å². The average Bonchev–Trinajstić information content (AvgIpc) is 4.01. The van der Waals surface area contributed by atoms with Gasteiger partial charge in [-0.25, -0.2) is 14.8 Å². The second kappa shape index (κ2) is 26.3. The Bertz CT molecular complexity index is 2100. The standard InChI is InChI=1S/C52H80N8O8S/c1-15-34(6)45(59(12)50(64)43(32(2)3)57-48(63)44(33(4)5)58(11)31-37-23-24-53-41(29-37)56-51(65)68-52(8,9)10)40(66-13)30-42(61)60-26-19-22-39(60)46(67-14)35(7)47(62)55-38(49-54-25-27-69-49)28-36-20-17-16-18-21-36/h16-18,20-21,23-25,27,29,32-35,38-40,43-46H,15,19,22,26,28,30-31H2,1-14H3,(H,55,62)(H,57,63)(H,53,56,65)/t34-,35+,38-,39-,40+,43-,44-,45-,46+/m0/s1. The zero-order valence-corrected chi connectivity index (χ0v) is 44.3. The van der Waals surface area contributed by atoms with Crippen LogP contribution in [0.4, 0.5) is 10.6 Å². The number of nitrogens with one attached hydrogen (secondary N) is 3. The number of carbonyl (C=O) groups is 5. The van der Waals surface area contributed by atoms with E-state index in [1.54, 1.807) is 65.4 Å². The van der Waals surface area contributed by atoms with E-state index in [9.17, 15) is 24.0 Å². The number of nitrogens with zero attached hydrogens (tertiary/aromatic N) is 5. The molecule has 69 heavy (non-hydrogen) atoms. The molecule has 5 amide bonds. The molecular formula is C52H80N8O8S. The van der Waals surface area contributed by atoms with Gasteiger partial charge in [-0.3, -0.25) is 29.4 Å². The van der Waals surface area contributed by atoms with Crippen molar-refractivity contribution in [2.24, 2.45) is 23.7 Å². The summed E-state index contributed by atoms with van der Waals surface area (Å²) in [6.07, 6.45) is 4.18.